The third-order valence-corrected chi connectivity index (χ3v) is 1.33. The van der Waals surface area contributed by atoms with E-state index in [0.29, 0.717) is 6.04 Å². The number of aliphatic hydroxyl groups is 2. The number of hydrogen-bond donors (Lipinski definition) is 3. The molecule has 0 aromatic heterocycles. The van der Waals surface area contributed by atoms with E-state index in [9.17, 15) is 0 Å². The second kappa shape index (κ2) is 4.66. The van der Waals surface area contributed by atoms with Crippen molar-refractivity contribution in [2.75, 3.05) is 6.61 Å². The smallest absolute Gasteiger partial charge is 0.0687 e. The van der Waals surface area contributed by atoms with Gasteiger partial charge in [0, 0.05) is 6.04 Å². The highest BCUT2D eigenvalue weighted by Gasteiger charge is 2.13. The fourth-order valence-corrected chi connectivity index (χ4v) is 0.773. The number of nitrogens with one attached hydrogen (secondary N) is 1. The third-order valence-electron chi connectivity index (χ3n) is 1.33. The van der Waals surface area contributed by atoms with Crippen LogP contribution in [0.4, 0.5) is 0 Å². The predicted molar refractivity (Wildman–Crippen MR) is 40.8 cm³/mol. The summed E-state index contributed by atoms with van der Waals surface area (Å²) < 4.78 is 0. The van der Waals surface area contributed by atoms with Gasteiger partial charge in [0.2, 0.25) is 0 Å². The maximum atomic E-state index is 9.04. The van der Waals surface area contributed by atoms with Crippen molar-refractivity contribution in [3.63, 3.8) is 0 Å². The van der Waals surface area contributed by atoms with Crippen LogP contribution < -0.4 is 5.32 Å². The second-order valence-corrected chi connectivity index (χ2v) is 2.85. The highest BCUT2D eigenvalue weighted by molar-refractivity contribution is 4.72. The molecule has 0 aliphatic heterocycles. The lowest BCUT2D eigenvalue weighted by atomic mass is 10.2. The first-order valence-electron chi connectivity index (χ1n) is 3.63. The van der Waals surface area contributed by atoms with Gasteiger partial charge in [-0.1, -0.05) is 13.8 Å². The molecule has 0 saturated carbocycles. The Morgan fingerprint density at radius 1 is 1.30 bits per heavy atom. The van der Waals surface area contributed by atoms with Gasteiger partial charge in [0.1, 0.15) is 0 Å². The normalized spacial score (nSPS) is 17.4. The third kappa shape index (κ3) is 3.82. The van der Waals surface area contributed by atoms with Crippen molar-refractivity contribution in [1.29, 1.82) is 0 Å². The highest BCUT2D eigenvalue weighted by Crippen LogP contribution is 1.92. The predicted octanol–water partition coefficient (Wildman–Crippen LogP) is -0.274. The Kier molecular flexibility index (Phi) is 4.60. The molecule has 0 spiro atoms. The summed E-state index contributed by atoms with van der Waals surface area (Å²) in [6.07, 6.45) is -0.493. The van der Waals surface area contributed by atoms with Crippen LogP contribution in [0, 0.1) is 0 Å². The van der Waals surface area contributed by atoms with Crippen LogP contribution in [-0.4, -0.2) is 35.0 Å². The Bertz CT molecular complexity index is 83.7. The SMILES string of the molecule is CC(C)N[C@H](CO)[C@H](C)O. The Morgan fingerprint density at radius 2 is 1.80 bits per heavy atom. The van der Waals surface area contributed by atoms with Crippen molar-refractivity contribution in [1.82, 2.24) is 5.32 Å². The highest BCUT2D eigenvalue weighted by atomic mass is 16.3. The molecule has 10 heavy (non-hydrogen) atoms. The van der Waals surface area contributed by atoms with Gasteiger partial charge in [0.25, 0.3) is 0 Å². The van der Waals surface area contributed by atoms with Crippen molar-refractivity contribution in [2.24, 2.45) is 0 Å². The van der Waals surface area contributed by atoms with E-state index in [4.69, 9.17) is 10.2 Å². The first-order chi connectivity index (χ1) is 4.57. The zero-order valence-electron chi connectivity index (χ0n) is 6.83. The molecule has 0 radical (unpaired) electrons. The van der Waals surface area contributed by atoms with Crippen LogP contribution in [0.3, 0.4) is 0 Å². The average molecular weight is 147 g/mol. The van der Waals surface area contributed by atoms with Crippen molar-refractivity contribution in [3.8, 4) is 0 Å². The zero-order chi connectivity index (χ0) is 8.15. The molecule has 3 nitrogen and oxygen atoms in total. The summed E-state index contributed by atoms with van der Waals surface area (Å²) in [6, 6.07) is 0.103. The van der Waals surface area contributed by atoms with E-state index < -0.39 is 6.10 Å². The minimum absolute atomic E-state index is 0.0180. The molecule has 0 aromatic rings. The lowest BCUT2D eigenvalue weighted by Gasteiger charge is -2.21. The molecule has 0 aliphatic rings. The second-order valence-electron chi connectivity index (χ2n) is 2.85. The molecule has 0 bridgehead atoms. The number of hydrogen-bond acceptors (Lipinski definition) is 3. The summed E-state index contributed by atoms with van der Waals surface area (Å²) in [4.78, 5) is 0. The largest absolute Gasteiger partial charge is 0.395 e. The summed E-state index contributed by atoms with van der Waals surface area (Å²) in [5, 5.41) is 20.8. The van der Waals surface area contributed by atoms with Crippen LogP contribution >= 0.6 is 0 Å². The first kappa shape index (κ1) is 9.88. The Morgan fingerprint density at radius 3 is 1.90 bits per heavy atom. The van der Waals surface area contributed by atoms with E-state index in [2.05, 4.69) is 5.32 Å². The minimum Gasteiger partial charge on any atom is -0.395 e. The van der Waals surface area contributed by atoms with Gasteiger partial charge < -0.3 is 15.5 Å². The molecule has 2 atom stereocenters. The molecule has 0 aromatic carbocycles. The van der Waals surface area contributed by atoms with Crippen LogP contribution in [-0.2, 0) is 0 Å². The number of rotatable bonds is 4. The molecule has 0 aliphatic carbocycles. The molecule has 0 heterocycles. The molecular weight excluding hydrogens is 130 g/mol. The fraction of sp³-hybridized carbons (Fsp3) is 1.00. The van der Waals surface area contributed by atoms with Gasteiger partial charge >= 0.3 is 0 Å². The van der Waals surface area contributed by atoms with E-state index in [1.165, 1.54) is 0 Å². The Balaban J connectivity index is 3.60. The summed E-state index contributed by atoms with van der Waals surface area (Å²) in [5.74, 6) is 0. The number of aliphatic hydroxyl groups excluding tert-OH is 2. The summed E-state index contributed by atoms with van der Waals surface area (Å²) in [6.45, 7) is 5.60. The van der Waals surface area contributed by atoms with Crippen molar-refractivity contribution in [2.45, 2.75) is 39.0 Å². The molecular formula is C7H17NO2. The van der Waals surface area contributed by atoms with E-state index >= 15 is 0 Å². The van der Waals surface area contributed by atoms with Crippen LogP contribution in [0.5, 0.6) is 0 Å². The minimum atomic E-state index is -0.493. The van der Waals surface area contributed by atoms with Gasteiger partial charge in [-0.05, 0) is 6.92 Å². The van der Waals surface area contributed by atoms with Gasteiger partial charge in [0.15, 0.2) is 0 Å². The fourth-order valence-electron chi connectivity index (χ4n) is 0.773. The molecule has 0 rings (SSSR count). The average Bonchev–Trinajstić information content (AvgIpc) is 1.81. The summed E-state index contributed by atoms with van der Waals surface area (Å²) >= 11 is 0. The summed E-state index contributed by atoms with van der Waals surface area (Å²) in [5.41, 5.74) is 0. The zero-order valence-corrected chi connectivity index (χ0v) is 6.83. The van der Waals surface area contributed by atoms with Gasteiger partial charge in [0.05, 0.1) is 18.8 Å². The molecule has 0 unspecified atom stereocenters. The Hall–Kier alpha value is -0.120. The van der Waals surface area contributed by atoms with Gasteiger partial charge in [-0.25, -0.2) is 0 Å². The summed E-state index contributed by atoms with van der Waals surface area (Å²) in [7, 11) is 0. The van der Waals surface area contributed by atoms with Gasteiger partial charge in [-0.3, -0.25) is 0 Å². The lowest BCUT2D eigenvalue weighted by molar-refractivity contribution is 0.0991. The Labute approximate surface area is 62.1 Å². The van der Waals surface area contributed by atoms with E-state index in [0.717, 1.165) is 0 Å². The van der Waals surface area contributed by atoms with E-state index in [1.807, 2.05) is 13.8 Å². The maximum Gasteiger partial charge on any atom is 0.0687 e. The van der Waals surface area contributed by atoms with Crippen LogP contribution in [0.25, 0.3) is 0 Å². The van der Waals surface area contributed by atoms with E-state index in [1.54, 1.807) is 6.92 Å². The standard InChI is InChI=1S/C7H17NO2/c1-5(2)8-7(4-9)6(3)10/h5-10H,4H2,1-3H3/t6-,7+/m0/s1. The maximum absolute atomic E-state index is 9.04. The van der Waals surface area contributed by atoms with Gasteiger partial charge in [-0.2, -0.15) is 0 Å². The van der Waals surface area contributed by atoms with Crippen LogP contribution in [0.1, 0.15) is 20.8 Å². The molecule has 3 heteroatoms. The van der Waals surface area contributed by atoms with Crippen LogP contribution in [0.2, 0.25) is 0 Å². The molecule has 3 N–H and O–H groups in total. The van der Waals surface area contributed by atoms with Crippen molar-refractivity contribution >= 4 is 0 Å². The monoisotopic (exact) mass is 147 g/mol. The van der Waals surface area contributed by atoms with Crippen LogP contribution in [0.15, 0.2) is 0 Å². The molecule has 0 fully saturated rings. The topological polar surface area (TPSA) is 52.5 Å². The van der Waals surface area contributed by atoms with Crippen molar-refractivity contribution < 1.29 is 10.2 Å². The molecule has 62 valence electrons. The van der Waals surface area contributed by atoms with Gasteiger partial charge in [-0.15, -0.1) is 0 Å². The molecule has 0 amide bonds. The van der Waals surface area contributed by atoms with Crippen molar-refractivity contribution in [3.05, 3.63) is 0 Å². The molecule has 0 saturated heterocycles. The lowest BCUT2D eigenvalue weighted by Crippen LogP contribution is -2.44. The van der Waals surface area contributed by atoms with E-state index in [-0.39, 0.29) is 12.6 Å². The quantitative estimate of drug-likeness (QED) is 0.513. The first-order valence-corrected chi connectivity index (χ1v) is 3.63.